The Kier molecular flexibility index (Phi) is 6.60. The molecule has 10 heteroatoms. The molecule has 0 spiro atoms. The Hall–Kier alpha value is -0.880. The molecule has 1 aliphatic rings. The highest BCUT2D eigenvalue weighted by Crippen LogP contribution is 2.44. The molecule has 3 rings (SSSR count). The number of nitrogens with one attached hydrogen (secondary N) is 2. The molecule has 1 saturated carbocycles. The zero-order valence-electron chi connectivity index (χ0n) is 14.0. The number of hydrogen-bond acceptors (Lipinski definition) is 2. The summed E-state index contributed by atoms with van der Waals surface area (Å²) in [4.78, 5) is 25.8. The molecule has 1 aliphatic carbocycles. The number of benzene rings is 2. The lowest BCUT2D eigenvalue weighted by molar-refractivity contribution is -0.142. The highest BCUT2D eigenvalue weighted by molar-refractivity contribution is 6.49. The fraction of sp³-hybridized carbons (Fsp3) is 0.222. The molecule has 0 aliphatic heterocycles. The Morgan fingerprint density at radius 1 is 0.679 bits per heavy atom. The molecule has 0 bridgehead atoms. The van der Waals surface area contributed by atoms with Crippen LogP contribution in [0.3, 0.4) is 0 Å². The molecule has 0 atom stereocenters. The smallest absolute Gasteiger partial charge is 0.240 e. The molecule has 4 nitrogen and oxygen atoms in total. The summed E-state index contributed by atoms with van der Waals surface area (Å²) in [5.41, 5.74) is -0.529. The van der Waals surface area contributed by atoms with Gasteiger partial charge in [-0.2, -0.15) is 0 Å². The van der Waals surface area contributed by atoms with Crippen molar-refractivity contribution < 1.29 is 9.59 Å². The van der Waals surface area contributed by atoms with Crippen LogP contribution in [0.15, 0.2) is 24.3 Å². The van der Waals surface area contributed by atoms with Crippen LogP contribution in [0.25, 0.3) is 0 Å². The van der Waals surface area contributed by atoms with E-state index in [1.165, 1.54) is 24.3 Å². The molecule has 0 unspecified atom stereocenters. The lowest BCUT2D eigenvalue weighted by Gasteiger charge is -2.38. The minimum Gasteiger partial charge on any atom is -0.325 e. The maximum absolute atomic E-state index is 12.9. The lowest BCUT2D eigenvalue weighted by atomic mass is 9.67. The minimum atomic E-state index is -1.23. The quantitative estimate of drug-likeness (QED) is 0.340. The SMILES string of the molecule is O=C(Nc1cc(Cl)c(Cl)c(Cl)c1)C1(C(=O)Nc2cc(Cl)c(Cl)c(Cl)c2)CCC1. The third-order valence-electron chi connectivity index (χ3n) is 4.56. The number of rotatable bonds is 4. The van der Waals surface area contributed by atoms with Gasteiger partial charge in [-0.1, -0.05) is 76.0 Å². The van der Waals surface area contributed by atoms with Crippen LogP contribution in [0, 0.1) is 5.41 Å². The van der Waals surface area contributed by atoms with E-state index in [-0.39, 0.29) is 30.1 Å². The maximum atomic E-state index is 12.9. The molecule has 148 valence electrons. The van der Waals surface area contributed by atoms with E-state index in [2.05, 4.69) is 10.6 Å². The van der Waals surface area contributed by atoms with Gasteiger partial charge in [0.15, 0.2) is 0 Å². The van der Waals surface area contributed by atoms with Crippen LogP contribution in [0.4, 0.5) is 11.4 Å². The monoisotopic (exact) mass is 498 g/mol. The van der Waals surface area contributed by atoms with Crippen molar-refractivity contribution in [2.75, 3.05) is 10.6 Å². The number of halogens is 6. The summed E-state index contributed by atoms with van der Waals surface area (Å²) in [6.07, 6.45) is 1.54. The molecule has 0 heterocycles. The topological polar surface area (TPSA) is 58.2 Å². The molecule has 1 fully saturated rings. The van der Waals surface area contributed by atoms with Crippen LogP contribution < -0.4 is 10.6 Å². The van der Waals surface area contributed by atoms with Gasteiger partial charge < -0.3 is 10.6 Å². The zero-order chi connectivity index (χ0) is 20.6. The molecular formula is C18H12Cl6N2O2. The van der Waals surface area contributed by atoms with Crippen LogP contribution in [0.1, 0.15) is 19.3 Å². The van der Waals surface area contributed by atoms with E-state index in [4.69, 9.17) is 69.6 Å². The maximum Gasteiger partial charge on any atom is 0.240 e. The molecule has 2 N–H and O–H groups in total. The van der Waals surface area contributed by atoms with Crippen molar-refractivity contribution >= 4 is 92.8 Å². The summed E-state index contributed by atoms with van der Waals surface area (Å²) < 4.78 is 0. The molecular weight excluding hydrogens is 489 g/mol. The first-order valence-electron chi connectivity index (χ1n) is 8.06. The van der Waals surface area contributed by atoms with Gasteiger partial charge in [0, 0.05) is 11.4 Å². The Morgan fingerprint density at radius 2 is 1.00 bits per heavy atom. The second kappa shape index (κ2) is 8.47. The van der Waals surface area contributed by atoms with Crippen LogP contribution in [0.5, 0.6) is 0 Å². The second-order valence-corrected chi connectivity index (χ2v) is 8.74. The largest absolute Gasteiger partial charge is 0.325 e. The summed E-state index contributed by atoms with van der Waals surface area (Å²) in [6, 6.07) is 5.88. The van der Waals surface area contributed by atoms with Gasteiger partial charge in [-0.05, 0) is 37.1 Å². The second-order valence-electron chi connectivity index (χ2n) is 6.35. The first kappa shape index (κ1) is 21.8. The molecule has 0 saturated heterocycles. The number of carbonyl (C=O) groups excluding carboxylic acids is 2. The van der Waals surface area contributed by atoms with Crippen molar-refractivity contribution in [1.29, 1.82) is 0 Å². The zero-order valence-corrected chi connectivity index (χ0v) is 18.6. The van der Waals surface area contributed by atoms with Crippen LogP contribution >= 0.6 is 69.6 Å². The Labute approximate surface area is 191 Å². The van der Waals surface area contributed by atoms with E-state index in [9.17, 15) is 9.59 Å². The third kappa shape index (κ3) is 4.18. The summed E-state index contributed by atoms with van der Waals surface area (Å²) in [6.45, 7) is 0. The molecule has 2 aromatic carbocycles. The summed E-state index contributed by atoms with van der Waals surface area (Å²) in [5, 5.41) is 6.55. The van der Waals surface area contributed by atoms with Crippen molar-refractivity contribution in [3.63, 3.8) is 0 Å². The first-order valence-corrected chi connectivity index (χ1v) is 10.3. The number of amides is 2. The van der Waals surface area contributed by atoms with Gasteiger partial charge in [0.2, 0.25) is 11.8 Å². The minimum absolute atomic E-state index is 0.189. The van der Waals surface area contributed by atoms with Crippen molar-refractivity contribution in [3.05, 3.63) is 54.4 Å². The summed E-state index contributed by atoms with van der Waals surface area (Å²) in [5.74, 6) is -0.922. The van der Waals surface area contributed by atoms with Gasteiger partial charge in [0.25, 0.3) is 0 Å². The summed E-state index contributed by atoms with van der Waals surface area (Å²) in [7, 11) is 0. The van der Waals surface area contributed by atoms with E-state index in [1.807, 2.05) is 0 Å². The average molecular weight is 501 g/mol. The molecule has 0 aromatic heterocycles. The van der Waals surface area contributed by atoms with Crippen molar-refractivity contribution in [3.8, 4) is 0 Å². The van der Waals surface area contributed by atoms with Crippen molar-refractivity contribution in [1.82, 2.24) is 0 Å². The van der Waals surface area contributed by atoms with Gasteiger partial charge in [0.1, 0.15) is 5.41 Å². The Bertz CT molecular complexity index is 855. The van der Waals surface area contributed by atoms with Crippen LogP contribution in [-0.4, -0.2) is 11.8 Å². The van der Waals surface area contributed by atoms with Gasteiger partial charge in [-0.15, -0.1) is 0 Å². The predicted molar refractivity (Wildman–Crippen MR) is 116 cm³/mol. The number of anilines is 2. The van der Waals surface area contributed by atoms with Gasteiger partial charge in [0.05, 0.1) is 30.1 Å². The molecule has 0 radical (unpaired) electrons. The average Bonchev–Trinajstić information content (AvgIpc) is 2.56. The van der Waals surface area contributed by atoms with Gasteiger partial charge in [-0.3, -0.25) is 9.59 Å². The van der Waals surface area contributed by atoms with Crippen molar-refractivity contribution in [2.45, 2.75) is 19.3 Å². The Balaban J connectivity index is 1.81. The van der Waals surface area contributed by atoms with Crippen LogP contribution in [-0.2, 0) is 9.59 Å². The van der Waals surface area contributed by atoms with E-state index in [1.54, 1.807) is 0 Å². The summed E-state index contributed by atoms with van der Waals surface area (Å²) >= 11 is 35.8. The molecule has 2 amide bonds. The number of hydrogen-bond donors (Lipinski definition) is 2. The van der Waals surface area contributed by atoms with E-state index < -0.39 is 17.2 Å². The molecule has 28 heavy (non-hydrogen) atoms. The first-order chi connectivity index (χ1) is 13.1. The Morgan fingerprint density at radius 3 is 1.25 bits per heavy atom. The van der Waals surface area contributed by atoms with Crippen LogP contribution in [0.2, 0.25) is 30.1 Å². The van der Waals surface area contributed by atoms with E-state index in [0.717, 1.165) is 6.42 Å². The van der Waals surface area contributed by atoms with Gasteiger partial charge in [-0.25, -0.2) is 0 Å². The van der Waals surface area contributed by atoms with Gasteiger partial charge >= 0.3 is 0 Å². The predicted octanol–water partition coefficient (Wildman–Crippen LogP) is 7.35. The fourth-order valence-corrected chi connectivity index (χ4v) is 4.04. The lowest BCUT2D eigenvalue weighted by Crippen LogP contribution is -2.50. The fourth-order valence-electron chi connectivity index (χ4n) is 2.84. The van der Waals surface area contributed by atoms with E-state index in [0.29, 0.717) is 24.2 Å². The van der Waals surface area contributed by atoms with Crippen molar-refractivity contribution in [2.24, 2.45) is 5.41 Å². The number of carbonyl (C=O) groups is 2. The normalized spacial score (nSPS) is 14.9. The van der Waals surface area contributed by atoms with E-state index >= 15 is 0 Å². The highest BCUT2D eigenvalue weighted by Gasteiger charge is 2.51. The highest BCUT2D eigenvalue weighted by atomic mass is 35.5. The third-order valence-corrected chi connectivity index (χ3v) is 6.95. The molecule has 2 aromatic rings. The standard InChI is InChI=1S/C18H12Cl6N2O2/c19-10-4-8(5-11(20)14(10)23)25-16(27)18(2-1-3-18)17(28)26-9-6-12(21)15(24)13(22)7-9/h4-7H,1-3H2,(H,25,27)(H,26,28).